The third kappa shape index (κ3) is 4.91. The maximum absolute atomic E-state index is 14.9. The second-order valence-electron chi connectivity index (χ2n) is 12.1. The van der Waals surface area contributed by atoms with Gasteiger partial charge in [0, 0.05) is 38.0 Å². The lowest BCUT2D eigenvalue weighted by Gasteiger charge is -2.47. The number of carbonyl (C=O) groups is 2. The van der Waals surface area contributed by atoms with Gasteiger partial charge < -0.3 is 14.9 Å². The van der Waals surface area contributed by atoms with Crippen LogP contribution < -0.4 is 0 Å². The Morgan fingerprint density at radius 3 is 2.24 bits per heavy atom. The van der Waals surface area contributed by atoms with E-state index < -0.39 is 34.1 Å². The molecule has 3 aliphatic rings. The second kappa shape index (κ2) is 10.4. The van der Waals surface area contributed by atoms with Gasteiger partial charge in [0.05, 0.1) is 12.0 Å². The number of nitrogens with zero attached hydrogens (tertiary/aromatic N) is 2. The summed E-state index contributed by atoms with van der Waals surface area (Å²) < 4.78 is 69.2. The predicted octanol–water partition coefficient (Wildman–Crippen LogP) is 5.22. The van der Waals surface area contributed by atoms with Gasteiger partial charge in [0.25, 0.3) is 0 Å². The number of piperidine rings is 1. The highest BCUT2D eigenvalue weighted by molar-refractivity contribution is 5.84. The Kier molecular flexibility index (Phi) is 7.45. The molecule has 222 valence electrons. The first-order valence-corrected chi connectivity index (χ1v) is 14.1. The van der Waals surface area contributed by atoms with Crippen molar-refractivity contribution < 1.29 is 36.6 Å². The van der Waals surface area contributed by atoms with Crippen molar-refractivity contribution in [2.24, 2.45) is 5.41 Å². The molecule has 2 aromatic carbocycles. The molecule has 2 saturated heterocycles. The molecule has 2 heterocycles. The third-order valence-corrected chi connectivity index (χ3v) is 9.83. The number of aliphatic hydroxyl groups is 1. The molecule has 0 saturated carbocycles. The number of aryl methyl sites for hydroxylation is 1. The van der Waals surface area contributed by atoms with Crippen LogP contribution in [0.2, 0.25) is 0 Å². The molecular weight excluding hydrogens is 543 g/mol. The first-order chi connectivity index (χ1) is 19.2. The predicted molar refractivity (Wildman–Crippen MR) is 142 cm³/mol. The molecule has 0 bridgehead atoms. The van der Waals surface area contributed by atoms with E-state index in [1.54, 1.807) is 23.1 Å². The van der Waals surface area contributed by atoms with Gasteiger partial charge in [0.15, 0.2) is 0 Å². The average molecular weight is 579 g/mol. The van der Waals surface area contributed by atoms with E-state index in [0.29, 0.717) is 70.6 Å². The van der Waals surface area contributed by atoms with Crippen LogP contribution in [0.3, 0.4) is 0 Å². The number of rotatable bonds is 5. The molecule has 2 fully saturated rings. The number of fused-ring (bicyclic) bond motifs is 3. The molecule has 1 unspecified atom stereocenters. The number of alkyl halides is 4. The number of amides is 2. The second-order valence-corrected chi connectivity index (χ2v) is 12.1. The highest BCUT2D eigenvalue weighted by Crippen LogP contribution is 2.52. The Labute approximate surface area is 236 Å². The summed E-state index contributed by atoms with van der Waals surface area (Å²) >= 11 is 0. The Morgan fingerprint density at radius 1 is 1.00 bits per heavy atom. The smallest absolute Gasteiger partial charge is 0.395 e. The minimum absolute atomic E-state index is 0.0818. The van der Waals surface area contributed by atoms with Crippen molar-refractivity contribution in [2.75, 3.05) is 26.2 Å². The van der Waals surface area contributed by atoms with Crippen LogP contribution in [0, 0.1) is 11.2 Å². The minimum Gasteiger partial charge on any atom is -0.395 e. The number of hydrogen-bond acceptors (Lipinski definition) is 3. The van der Waals surface area contributed by atoms with Crippen LogP contribution in [0.5, 0.6) is 0 Å². The molecule has 2 aliphatic heterocycles. The molecule has 2 aromatic rings. The van der Waals surface area contributed by atoms with E-state index in [-0.39, 0.29) is 24.5 Å². The van der Waals surface area contributed by atoms with E-state index in [1.807, 2.05) is 4.90 Å². The molecule has 1 aliphatic carbocycles. The highest BCUT2D eigenvalue weighted by Gasteiger charge is 2.57. The first kappa shape index (κ1) is 29.5. The summed E-state index contributed by atoms with van der Waals surface area (Å²) in [7, 11) is 0. The summed E-state index contributed by atoms with van der Waals surface area (Å²) in [5, 5.41) is 10.4. The van der Waals surface area contributed by atoms with Crippen LogP contribution in [-0.4, -0.2) is 65.2 Å². The van der Waals surface area contributed by atoms with Gasteiger partial charge in [-0.1, -0.05) is 30.3 Å². The number of halogens is 5. The number of aliphatic hydroxyl groups excluding tert-OH is 1. The van der Waals surface area contributed by atoms with Crippen LogP contribution in [0.15, 0.2) is 42.5 Å². The van der Waals surface area contributed by atoms with Crippen molar-refractivity contribution in [3.05, 3.63) is 70.5 Å². The fraction of sp³-hybridized carbons (Fsp3) is 0.548. The van der Waals surface area contributed by atoms with Gasteiger partial charge in [-0.25, -0.2) is 8.78 Å². The van der Waals surface area contributed by atoms with Gasteiger partial charge in [-0.2, -0.15) is 13.2 Å². The Hall–Kier alpha value is -3.01. The fourth-order valence-corrected chi connectivity index (χ4v) is 7.23. The summed E-state index contributed by atoms with van der Waals surface area (Å²) in [5.74, 6) is -0.653. The van der Waals surface area contributed by atoms with E-state index in [9.17, 15) is 36.6 Å². The van der Waals surface area contributed by atoms with Crippen molar-refractivity contribution in [1.29, 1.82) is 0 Å². The number of hydrogen-bond donors (Lipinski definition) is 1. The summed E-state index contributed by atoms with van der Waals surface area (Å²) in [6.07, 6.45) is -2.65. The van der Waals surface area contributed by atoms with Crippen molar-refractivity contribution in [2.45, 2.75) is 75.7 Å². The lowest BCUT2D eigenvalue weighted by Crippen LogP contribution is -2.56. The van der Waals surface area contributed by atoms with E-state index in [0.717, 1.165) is 11.1 Å². The third-order valence-electron chi connectivity index (χ3n) is 9.83. The number of likely N-dealkylation sites (tertiary alicyclic amines) is 2. The zero-order valence-corrected chi connectivity index (χ0v) is 23.2. The summed E-state index contributed by atoms with van der Waals surface area (Å²) in [6.45, 7) is 2.77. The monoisotopic (exact) mass is 578 g/mol. The molecule has 0 aromatic heterocycles. The van der Waals surface area contributed by atoms with Gasteiger partial charge in [-0.3, -0.25) is 9.59 Å². The normalized spacial score (nSPS) is 25.3. The van der Waals surface area contributed by atoms with Crippen LogP contribution >= 0.6 is 0 Å². The maximum Gasteiger partial charge on any atom is 0.426 e. The Morgan fingerprint density at radius 2 is 1.66 bits per heavy atom. The molecular formula is C31H35F5N2O3. The van der Waals surface area contributed by atoms with Crippen LogP contribution in [-0.2, 0) is 33.5 Å². The van der Waals surface area contributed by atoms with Gasteiger partial charge in [0.2, 0.25) is 17.5 Å². The maximum atomic E-state index is 14.9. The van der Waals surface area contributed by atoms with Gasteiger partial charge in [-0.05, 0) is 79.8 Å². The van der Waals surface area contributed by atoms with Gasteiger partial charge in [0.1, 0.15) is 5.82 Å². The van der Waals surface area contributed by atoms with Crippen LogP contribution in [0.1, 0.15) is 61.8 Å². The van der Waals surface area contributed by atoms with E-state index in [1.165, 1.54) is 31.2 Å². The van der Waals surface area contributed by atoms with Crippen molar-refractivity contribution in [1.82, 2.24) is 9.80 Å². The molecule has 5 rings (SSSR count). The quantitative estimate of drug-likeness (QED) is 0.495. The number of benzene rings is 2. The molecule has 0 spiro atoms. The van der Waals surface area contributed by atoms with E-state index >= 15 is 0 Å². The van der Waals surface area contributed by atoms with E-state index in [2.05, 4.69) is 0 Å². The lowest BCUT2D eigenvalue weighted by molar-refractivity contribution is -0.228. The van der Waals surface area contributed by atoms with Crippen LogP contribution in [0.25, 0.3) is 0 Å². The van der Waals surface area contributed by atoms with Crippen molar-refractivity contribution in [3.8, 4) is 0 Å². The Bertz CT molecular complexity index is 1320. The SMILES string of the molecule is CC(=O)N1CCC(CO)(C(=O)N2CC[C@@]3(Cc4ccc(F)cc4)c4ccc(C(C)(F)C(F)(F)F)cc4CC[C@@H]23)CC1. The van der Waals surface area contributed by atoms with Gasteiger partial charge in [-0.15, -0.1) is 0 Å². The molecule has 1 N–H and O–H groups in total. The largest absolute Gasteiger partial charge is 0.426 e. The molecule has 2 amide bonds. The van der Waals surface area contributed by atoms with Crippen LogP contribution in [0.4, 0.5) is 22.0 Å². The topological polar surface area (TPSA) is 60.9 Å². The zero-order valence-electron chi connectivity index (χ0n) is 23.2. The molecule has 5 nitrogen and oxygen atoms in total. The minimum atomic E-state index is -5.07. The lowest BCUT2D eigenvalue weighted by atomic mass is 9.63. The Balaban J connectivity index is 1.53. The van der Waals surface area contributed by atoms with Crippen molar-refractivity contribution in [3.63, 3.8) is 0 Å². The highest BCUT2D eigenvalue weighted by atomic mass is 19.4. The molecule has 3 atom stereocenters. The molecule has 10 heteroatoms. The summed E-state index contributed by atoms with van der Waals surface area (Å²) in [6, 6.07) is 9.81. The molecule has 41 heavy (non-hydrogen) atoms. The van der Waals surface area contributed by atoms with Gasteiger partial charge >= 0.3 is 6.18 Å². The van der Waals surface area contributed by atoms with Crippen molar-refractivity contribution >= 4 is 11.8 Å². The first-order valence-electron chi connectivity index (χ1n) is 14.1. The summed E-state index contributed by atoms with van der Waals surface area (Å²) in [4.78, 5) is 29.5. The zero-order chi connectivity index (χ0) is 29.8. The standard InChI is InChI=1S/C31H35F5N2O3/c1-20(40)37-14-11-29(19-39,12-15-37)27(41)38-16-13-30(18-21-3-7-24(32)8-4-21)25-9-6-23(28(2,33)31(34,35)36)17-22(25)5-10-26(30)38/h3-4,6-9,17,26,39H,5,10-16,18-19H2,1-2H3/t26-,28?,30-/m1/s1. The van der Waals surface area contributed by atoms with E-state index in [4.69, 9.17) is 0 Å². The number of carbonyl (C=O) groups excluding carboxylic acids is 2. The molecule has 0 radical (unpaired) electrons. The summed E-state index contributed by atoms with van der Waals surface area (Å²) in [5.41, 5.74) is -3.45. The average Bonchev–Trinajstić information content (AvgIpc) is 3.32. The fourth-order valence-electron chi connectivity index (χ4n) is 7.23.